The van der Waals surface area contributed by atoms with E-state index in [1.807, 2.05) is 6.08 Å². The lowest BCUT2D eigenvalue weighted by molar-refractivity contribution is -0.335. The van der Waals surface area contributed by atoms with Gasteiger partial charge in [-0.1, -0.05) is 56.7 Å². The molecule has 5 aliphatic rings. The second kappa shape index (κ2) is 12.1. The number of methoxy groups -OCH3 is 1. The van der Waals surface area contributed by atoms with Crippen LogP contribution in [0.3, 0.4) is 0 Å². The van der Waals surface area contributed by atoms with Crippen LogP contribution < -0.4 is 0 Å². The Hall–Kier alpha value is -1.81. The molecule has 41 heavy (non-hydrogen) atoms. The largest absolute Gasteiger partial charge is 0.462 e. The molecular weight excluding hydrogens is 524 g/mol. The standard InChI is InChI=1S/C33H48O8/c1-7-27-21(4)13-14-32(41-27)18-24-17-23(40-32)12-11-20(3)15-19(2)9-8-10-25-31(37-6)39-29-28(34)22(5)16-26(30(35)38-24)33(25,29)36/h8-11,16,19,21,23-24,26-29,31,34,36H,7,12-15,17-18H2,1-6H3/b9-8+,20-11+,25-10+/t19-,21-,23+,24-,26-,27+,28+,29+,31+,32+,33+/m0/s1. The summed E-state index contributed by atoms with van der Waals surface area (Å²) in [6.07, 6.45) is 11.2. The number of fused-ring (bicyclic) bond motifs is 2. The van der Waals surface area contributed by atoms with Gasteiger partial charge in [-0.15, -0.1) is 0 Å². The number of hydrogen-bond acceptors (Lipinski definition) is 8. The molecule has 8 nitrogen and oxygen atoms in total. The molecular formula is C33H48O8. The Morgan fingerprint density at radius 2 is 1.95 bits per heavy atom. The van der Waals surface area contributed by atoms with Crippen molar-refractivity contribution in [3.8, 4) is 0 Å². The van der Waals surface area contributed by atoms with Gasteiger partial charge in [-0.3, -0.25) is 4.79 Å². The fraction of sp³-hybridized carbons (Fsp3) is 0.727. The van der Waals surface area contributed by atoms with E-state index in [0.717, 1.165) is 25.7 Å². The average molecular weight is 573 g/mol. The summed E-state index contributed by atoms with van der Waals surface area (Å²) in [5.41, 5.74) is 0.378. The Morgan fingerprint density at radius 1 is 1.17 bits per heavy atom. The molecule has 1 spiro atoms. The van der Waals surface area contributed by atoms with E-state index in [9.17, 15) is 15.0 Å². The molecule has 2 N–H and O–H groups in total. The van der Waals surface area contributed by atoms with Crippen molar-refractivity contribution in [1.82, 2.24) is 0 Å². The van der Waals surface area contributed by atoms with E-state index < -0.39 is 47.9 Å². The van der Waals surface area contributed by atoms with Crippen LogP contribution in [0.5, 0.6) is 0 Å². The number of hydrogen-bond donors (Lipinski definition) is 2. The topological polar surface area (TPSA) is 104 Å². The Bertz CT molecular complexity index is 1110. The van der Waals surface area contributed by atoms with Gasteiger partial charge in [0.05, 0.1) is 12.2 Å². The molecule has 3 saturated heterocycles. The lowest BCUT2D eigenvalue weighted by Gasteiger charge is -2.50. The van der Waals surface area contributed by atoms with Gasteiger partial charge >= 0.3 is 5.97 Å². The van der Waals surface area contributed by atoms with E-state index in [2.05, 4.69) is 39.8 Å². The number of aliphatic hydroxyl groups excluding tert-OH is 1. The lowest BCUT2D eigenvalue weighted by atomic mass is 9.70. The fourth-order valence-electron chi connectivity index (χ4n) is 7.45. The van der Waals surface area contributed by atoms with E-state index >= 15 is 0 Å². The van der Waals surface area contributed by atoms with Crippen LogP contribution in [0.1, 0.15) is 79.6 Å². The van der Waals surface area contributed by atoms with Gasteiger partial charge in [0.2, 0.25) is 0 Å². The zero-order valence-corrected chi connectivity index (χ0v) is 25.4. The van der Waals surface area contributed by atoms with Crippen molar-refractivity contribution in [2.45, 2.75) is 128 Å². The summed E-state index contributed by atoms with van der Waals surface area (Å²) in [6.45, 7) is 10.4. The highest BCUT2D eigenvalue weighted by Gasteiger charge is 2.63. The number of carbonyl (C=O) groups excluding carboxylic acids is 1. The molecule has 4 heterocycles. The minimum Gasteiger partial charge on any atom is -0.462 e. The van der Waals surface area contributed by atoms with Crippen molar-refractivity contribution in [3.63, 3.8) is 0 Å². The van der Waals surface area contributed by atoms with Gasteiger partial charge in [0.15, 0.2) is 12.1 Å². The van der Waals surface area contributed by atoms with Crippen molar-refractivity contribution < 1.29 is 38.7 Å². The smallest absolute Gasteiger partial charge is 0.316 e. The summed E-state index contributed by atoms with van der Waals surface area (Å²) in [5, 5.41) is 23.3. The van der Waals surface area contributed by atoms with Crippen LogP contribution in [-0.4, -0.2) is 71.5 Å². The van der Waals surface area contributed by atoms with Crippen LogP contribution in [0.2, 0.25) is 0 Å². The van der Waals surface area contributed by atoms with Crippen molar-refractivity contribution in [3.05, 3.63) is 47.1 Å². The zero-order chi connectivity index (χ0) is 29.5. The van der Waals surface area contributed by atoms with Gasteiger partial charge < -0.3 is 33.9 Å². The number of esters is 1. The number of ether oxygens (including phenoxy) is 5. The molecule has 1 aliphatic carbocycles. The van der Waals surface area contributed by atoms with E-state index in [1.54, 1.807) is 19.1 Å². The van der Waals surface area contributed by atoms with Gasteiger partial charge in [0.1, 0.15) is 29.8 Å². The molecule has 0 aromatic heterocycles. The Balaban J connectivity index is 1.54. The summed E-state index contributed by atoms with van der Waals surface area (Å²) in [5.74, 6) is -1.75. The van der Waals surface area contributed by atoms with Crippen molar-refractivity contribution in [2.24, 2.45) is 17.8 Å². The fourth-order valence-corrected chi connectivity index (χ4v) is 7.45. The third kappa shape index (κ3) is 5.89. The van der Waals surface area contributed by atoms with Gasteiger partial charge in [-0.05, 0) is 56.9 Å². The van der Waals surface area contributed by atoms with E-state index in [-0.39, 0.29) is 18.1 Å². The third-order valence-corrected chi connectivity index (χ3v) is 9.75. The lowest BCUT2D eigenvalue weighted by Crippen LogP contribution is -2.58. The Morgan fingerprint density at radius 3 is 2.68 bits per heavy atom. The molecule has 11 atom stereocenters. The van der Waals surface area contributed by atoms with Crippen LogP contribution in [-0.2, 0) is 28.5 Å². The van der Waals surface area contributed by atoms with Crippen LogP contribution >= 0.6 is 0 Å². The van der Waals surface area contributed by atoms with Crippen LogP contribution in [0.15, 0.2) is 47.1 Å². The zero-order valence-electron chi connectivity index (χ0n) is 25.4. The molecule has 228 valence electrons. The van der Waals surface area contributed by atoms with Gasteiger partial charge in [-0.25, -0.2) is 0 Å². The predicted octanol–water partition coefficient (Wildman–Crippen LogP) is 4.90. The highest BCUT2D eigenvalue weighted by molar-refractivity contribution is 5.78. The molecule has 4 aliphatic heterocycles. The van der Waals surface area contributed by atoms with Gasteiger partial charge in [0, 0.05) is 31.9 Å². The van der Waals surface area contributed by atoms with Crippen LogP contribution in [0, 0.1) is 17.8 Å². The van der Waals surface area contributed by atoms with Crippen molar-refractivity contribution in [1.29, 1.82) is 0 Å². The summed E-state index contributed by atoms with van der Waals surface area (Å²) < 4.78 is 31.2. The second-order valence-electron chi connectivity index (χ2n) is 13.0. The number of carbonyl (C=O) groups is 1. The molecule has 3 fully saturated rings. The van der Waals surface area contributed by atoms with Crippen LogP contribution in [0.25, 0.3) is 0 Å². The van der Waals surface area contributed by atoms with Gasteiger partial charge in [-0.2, -0.15) is 0 Å². The molecule has 0 aromatic carbocycles. The second-order valence-corrected chi connectivity index (χ2v) is 13.0. The molecule has 0 amide bonds. The average Bonchev–Trinajstić information content (AvgIpc) is 3.23. The van der Waals surface area contributed by atoms with E-state index in [0.29, 0.717) is 36.3 Å². The molecule has 0 unspecified atom stereocenters. The first kappa shape index (κ1) is 30.6. The first-order chi connectivity index (χ1) is 19.5. The third-order valence-electron chi connectivity index (χ3n) is 9.75. The Kier molecular flexibility index (Phi) is 9.01. The summed E-state index contributed by atoms with van der Waals surface area (Å²) in [7, 11) is 1.49. The quantitative estimate of drug-likeness (QED) is 0.356. The maximum atomic E-state index is 14.0. The molecule has 0 radical (unpaired) electrons. The number of rotatable bonds is 2. The van der Waals surface area contributed by atoms with Crippen LogP contribution in [0.4, 0.5) is 0 Å². The molecule has 2 bridgehead atoms. The highest BCUT2D eigenvalue weighted by atomic mass is 16.7. The Labute approximate surface area is 244 Å². The SMILES string of the molecule is CC[C@H]1O[C@]2(CC[C@@H]1C)C[C@@H]1C[C@@H](C/C=C(\C)C[C@@H](C)/C=C/C=C3\[C@H](OC)O[C@@H]4[C@H](O)C(C)=C[C@@H](C(=O)O1)[C@]34O)O2. The first-order valence-electron chi connectivity index (χ1n) is 15.4. The molecule has 5 rings (SSSR count). The summed E-state index contributed by atoms with van der Waals surface area (Å²) >= 11 is 0. The summed E-state index contributed by atoms with van der Waals surface area (Å²) in [6, 6.07) is 0. The molecule has 8 heteroatoms. The number of allylic oxidation sites excluding steroid dienone is 4. The minimum atomic E-state index is -1.83. The maximum absolute atomic E-state index is 14.0. The maximum Gasteiger partial charge on any atom is 0.316 e. The minimum absolute atomic E-state index is 0.0859. The van der Waals surface area contributed by atoms with E-state index in [1.165, 1.54) is 12.7 Å². The normalized spacial score (nSPS) is 48.7. The first-order valence-corrected chi connectivity index (χ1v) is 15.4. The van der Waals surface area contributed by atoms with E-state index in [4.69, 9.17) is 23.7 Å². The number of aliphatic hydroxyl groups is 2. The van der Waals surface area contributed by atoms with Gasteiger partial charge in [0.25, 0.3) is 0 Å². The monoisotopic (exact) mass is 572 g/mol. The van der Waals surface area contributed by atoms with Crippen molar-refractivity contribution >= 4 is 5.97 Å². The summed E-state index contributed by atoms with van der Waals surface area (Å²) in [4.78, 5) is 14.0. The molecule has 0 aromatic rings. The van der Waals surface area contributed by atoms with Crippen molar-refractivity contribution in [2.75, 3.05) is 7.11 Å². The predicted molar refractivity (Wildman–Crippen MR) is 154 cm³/mol. The highest BCUT2D eigenvalue weighted by Crippen LogP contribution is 2.49. The molecule has 0 saturated carbocycles.